The molecule has 0 bridgehead atoms. The molecular formula is C53H43N7. The number of nitrogens with zero attached hydrogens (tertiary/aromatic N) is 4. The predicted octanol–water partition coefficient (Wildman–Crippen LogP) is 13.4. The van der Waals surface area contributed by atoms with E-state index in [1.165, 1.54) is 27.2 Å². The van der Waals surface area contributed by atoms with Crippen LogP contribution in [0, 0.1) is 31.6 Å². The maximum Gasteiger partial charge on any atom is 0.214 e. The van der Waals surface area contributed by atoms with Gasteiger partial charge in [0.25, 0.3) is 0 Å². The first-order valence-electron chi connectivity index (χ1n) is 20.2. The Kier molecular flexibility index (Phi) is 8.99. The molecule has 0 fully saturated rings. The Morgan fingerprint density at radius 2 is 0.867 bits per heavy atom. The molecule has 0 unspecified atom stereocenters. The number of hydrogen-bond acceptors (Lipinski definition) is 2. The van der Waals surface area contributed by atoms with Gasteiger partial charge in [-0.2, -0.15) is 0 Å². The van der Waals surface area contributed by atoms with Crippen LogP contribution in [-0.4, -0.2) is 21.1 Å². The first kappa shape index (κ1) is 36.4. The average Bonchev–Trinajstić information content (AvgIpc) is 3.79. The van der Waals surface area contributed by atoms with Crippen molar-refractivity contribution >= 4 is 78.3 Å². The molecule has 0 aliphatic heterocycles. The van der Waals surface area contributed by atoms with Gasteiger partial charge in [-0.05, 0) is 116 Å². The maximum absolute atomic E-state index is 10.0. The summed E-state index contributed by atoms with van der Waals surface area (Å²) >= 11 is 0. The van der Waals surface area contributed by atoms with Crippen molar-refractivity contribution in [3.8, 4) is 11.4 Å². The molecule has 0 saturated carbocycles. The predicted molar refractivity (Wildman–Crippen MR) is 252 cm³/mol. The lowest BCUT2D eigenvalue weighted by Crippen LogP contribution is -2.48. The number of anilines is 4. The molecule has 2 heterocycles. The molecular weight excluding hydrogens is 735 g/mol. The summed E-state index contributed by atoms with van der Waals surface area (Å²) in [5, 5.41) is 27.8. The number of aryl methyl sites for hydroxylation is 3. The summed E-state index contributed by atoms with van der Waals surface area (Å²) < 4.78 is 4.68. The highest BCUT2D eigenvalue weighted by Gasteiger charge is 2.28. The molecule has 10 aromatic rings. The molecule has 7 heteroatoms. The molecule has 60 heavy (non-hydrogen) atoms. The lowest BCUT2D eigenvalue weighted by Gasteiger charge is -2.35. The van der Waals surface area contributed by atoms with Gasteiger partial charge in [0.05, 0.1) is 39.1 Å². The Hall–Kier alpha value is -7.90. The van der Waals surface area contributed by atoms with Crippen LogP contribution in [0.1, 0.15) is 16.7 Å². The van der Waals surface area contributed by atoms with Crippen molar-refractivity contribution in [2.24, 2.45) is 0 Å². The summed E-state index contributed by atoms with van der Waals surface area (Å²) in [4.78, 5) is 3.62. The largest absolute Gasteiger partial charge is 0.325 e. The van der Waals surface area contributed by atoms with Gasteiger partial charge in [-0.25, -0.2) is 0 Å². The minimum Gasteiger partial charge on any atom is -0.325 e. The fourth-order valence-electron chi connectivity index (χ4n) is 8.67. The van der Waals surface area contributed by atoms with Crippen molar-refractivity contribution in [1.29, 1.82) is 10.8 Å². The Balaban J connectivity index is 1.10. The van der Waals surface area contributed by atoms with Crippen LogP contribution in [-0.2, 0) is 0 Å². The van der Waals surface area contributed by atoms with E-state index >= 15 is 0 Å². The number of guanidine groups is 2. The minimum absolute atomic E-state index is 0.0590. The van der Waals surface area contributed by atoms with Crippen molar-refractivity contribution in [1.82, 2.24) is 9.13 Å². The van der Waals surface area contributed by atoms with Crippen LogP contribution in [0.25, 0.3) is 55.0 Å². The van der Waals surface area contributed by atoms with E-state index in [1.807, 2.05) is 84.6 Å². The molecule has 290 valence electrons. The number of hydrogen-bond donors (Lipinski definition) is 3. The lowest BCUT2D eigenvalue weighted by molar-refractivity contribution is 1.15. The van der Waals surface area contributed by atoms with Gasteiger partial charge in [0.2, 0.25) is 11.9 Å². The van der Waals surface area contributed by atoms with E-state index in [2.05, 4.69) is 144 Å². The van der Waals surface area contributed by atoms with Gasteiger partial charge in [0, 0.05) is 38.6 Å². The molecule has 0 amide bonds. The quantitative estimate of drug-likeness (QED) is 0.116. The van der Waals surface area contributed by atoms with Gasteiger partial charge < -0.3 is 14.5 Å². The number of rotatable bonds is 6. The zero-order valence-electron chi connectivity index (χ0n) is 33.7. The van der Waals surface area contributed by atoms with E-state index in [1.54, 1.807) is 4.90 Å². The van der Waals surface area contributed by atoms with Gasteiger partial charge in [0.15, 0.2) is 0 Å². The fraction of sp³-hybridized carbons (Fsp3) is 0.0566. The molecule has 0 aliphatic rings. The molecule has 0 aliphatic carbocycles. The SMILES string of the molecule is Cc1ccccc1NC(=N)N(C(=N)N(c1ccccc1C)c1ccccc1C)c1ccc(-n2c3ccccc3c3cc(-n4c5ccccc5c5ccccc54)ccc32)cc1. The summed E-state index contributed by atoms with van der Waals surface area (Å²) in [5.74, 6) is 0.176. The molecule has 0 spiro atoms. The van der Waals surface area contributed by atoms with Gasteiger partial charge in [-0.15, -0.1) is 0 Å². The molecule has 8 aromatic carbocycles. The zero-order valence-corrected chi connectivity index (χ0v) is 33.7. The van der Waals surface area contributed by atoms with Crippen LogP contribution in [0.4, 0.5) is 22.7 Å². The Bertz CT molecular complexity index is 3180. The Morgan fingerprint density at radius 3 is 1.42 bits per heavy atom. The summed E-state index contributed by atoms with van der Waals surface area (Å²) in [6.45, 7) is 6.13. The zero-order chi connectivity index (χ0) is 40.9. The molecule has 0 radical (unpaired) electrons. The van der Waals surface area contributed by atoms with Crippen molar-refractivity contribution in [3.63, 3.8) is 0 Å². The highest BCUT2D eigenvalue weighted by Crippen LogP contribution is 2.38. The van der Waals surface area contributed by atoms with Crippen molar-refractivity contribution in [2.75, 3.05) is 15.1 Å². The van der Waals surface area contributed by atoms with Crippen LogP contribution < -0.4 is 15.1 Å². The number of nitrogens with one attached hydrogen (secondary N) is 3. The van der Waals surface area contributed by atoms with E-state index in [-0.39, 0.29) is 11.9 Å². The van der Waals surface area contributed by atoms with E-state index in [9.17, 15) is 10.8 Å². The topological polar surface area (TPSA) is 76.1 Å². The maximum atomic E-state index is 10.0. The van der Waals surface area contributed by atoms with Crippen molar-refractivity contribution in [3.05, 3.63) is 205 Å². The van der Waals surface area contributed by atoms with Gasteiger partial charge in [-0.3, -0.25) is 20.6 Å². The number of para-hydroxylation sites is 6. The second-order valence-electron chi connectivity index (χ2n) is 15.3. The molecule has 2 aromatic heterocycles. The molecule has 7 nitrogen and oxygen atoms in total. The average molecular weight is 778 g/mol. The summed E-state index contributed by atoms with van der Waals surface area (Å²) in [6.07, 6.45) is 0. The van der Waals surface area contributed by atoms with Crippen molar-refractivity contribution in [2.45, 2.75) is 20.8 Å². The van der Waals surface area contributed by atoms with Crippen LogP contribution in [0.3, 0.4) is 0 Å². The van der Waals surface area contributed by atoms with E-state index in [0.717, 1.165) is 61.5 Å². The third-order valence-corrected chi connectivity index (χ3v) is 11.6. The van der Waals surface area contributed by atoms with Crippen LogP contribution in [0.5, 0.6) is 0 Å². The lowest BCUT2D eigenvalue weighted by atomic mass is 10.1. The molecule has 3 N–H and O–H groups in total. The number of aromatic nitrogens is 2. The third-order valence-electron chi connectivity index (χ3n) is 11.6. The summed E-state index contributed by atoms with van der Waals surface area (Å²) in [6, 6.07) is 64.9. The van der Waals surface area contributed by atoms with Crippen LogP contribution in [0.15, 0.2) is 188 Å². The molecule has 10 rings (SSSR count). The monoisotopic (exact) mass is 777 g/mol. The van der Waals surface area contributed by atoms with Gasteiger partial charge in [0.1, 0.15) is 0 Å². The first-order chi connectivity index (χ1) is 29.4. The van der Waals surface area contributed by atoms with Crippen molar-refractivity contribution < 1.29 is 0 Å². The van der Waals surface area contributed by atoms with E-state index < -0.39 is 0 Å². The Labute approximate surface area is 349 Å². The van der Waals surface area contributed by atoms with Crippen LogP contribution >= 0.6 is 0 Å². The third kappa shape index (κ3) is 6.07. The number of fused-ring (bicyclic) bond motifs is 6. The second-order valence-corrected chi connectivity index (χ2v) is 15.3. The van der Waals surface area contributed by atoms with E-state index in [4.69, 9.17) is 0 Å². The molecule has 0 atom stereocenters. The summed E-state index contributed by atoms with van der Waals surface area (Å²) in [5.41, 5.74) is 12.9. The van der Waals surface area contributed by atoms with Gasteiger partial charge >= 0.3 is 0 Å². The van der Waals surface area contributed by atoms with Gasteiger partial charge in [-0.1, -0.05) is 109 Å². The second kappa shape index (κ2) is 14.8. The highest BCUT2D eigenvalue weighted by atomic mass is 15.4. The van der Waals surface area contributed by atoms with Crippen LogP contribution in [0.2, 0.25) is 0 Å². The smallest absolute Gasteiger partial charge is 0.214 e. The summed E-state index contributed by atoms with van der Waals surface area (Å²) in [7, 11) is 0. The minimum atomic E-state index is 0.0590. The number of benzene rings is 8. The standard InChI is InChI=1S/C53H43N7/c1-35-16-4-10-22-45(35)56-52(54)59(53(55)60(46-23-11-5-17-36(46)2)47-24-12-6-18-37(47)3)39-30-28-38(29-31-39)57-50-27-15-9-21-43(50)44-34-40(32-33-51(44)57)58-48-25-13-7-19-41(48)42-20-8-14-26-49(42)58/h4-34,55H,1-3H3,(H2,54,56). The highest BCUT2D eigenvalue weighted by molar-refractivity contribution is 6.26. The van der Waals surface area contributed by atoms with E-state index in [0.29, 0.717) is 5.69 Å². The fourth-order valence-corrected chi connectivity index (χ4v) is 8.67. The first-order valence-corrected chi connectivity index (χ1v) is 20.2. The molecule has 0 saturated heterocycles. The normalized spacial score (nSPS) is 11.4. The Morgan fingerprint density at radius 1 is 0.433 bits per heavy atom.